The van der Waals surface area contributed by atoms with E-state index in [2.05, 4.69) is 37.9 Å². The summed E-state index contributed by atoms with van der Waals surface area (Å²) in [6, 6.07) is 11.5. The molecule has 1 N–H and O–H groups in total. The summed E-state index contributed by atoms with van der Waals surface area (Å²) in [5, 5.41) is 2.19. The van der Waals surface area contributed by atoms with Crippen LogP contribution in [0.25, 0.3) is 0 Å². The van der Waals surface area contributed by atoms with Gasteiger partial charge in [0.25, 0.3) is 5.91 Å². The molecule has 0 unspecified atom stereocenters. The summed E-state index contributed by atoms with van der Waals surface area (Å²) in [7, 11) is 0. The van der Waals surface area contributed by atoms with Gasteiger partial charge in [-0.15, -0.1) is 0 Å². The fourth-order valence-corrected chi connectivity index (χ4v) is 2.66. The number of halogens is 1. The van der Waals surface area contributed by atoms with E-state index in [1.807, 2.05) is 6.07 Å². The number of aliphatic imine (C=N–C) groups is 1. The number of anilines is 1. The first kappa shape index (κ1) is 17.2. The summed E-state index contributed by atoms with van der Waals surface area (Å²) < 4.78 is 0.968. The Hall–Kier alpha value is -2.62. The number of aromatic nitrogens is 1. The van der Waals surface area contributed by atoms with Crippen LogP contribution in [-0.2, 0) is 16.1 Å². The molecule has 25 heavy (non-hydrogen) atoms. The Morgan fingerprint density at radius 1 is 1.16 bits per heavy atom. The highest BCUT2D eigenvalue weighted by Crippen LogP contribution is 2.21. The van der Waals surface area contributed by atoms with Crippen molar-refractivity contribution in [1.29, 1.82) is 0 Å². The number of carbonyl (C=O) groups excluding carboxylic acids is 3. The fraction of sp³-hybridized carbons (Fsp3) is 0.118. The van der Waals surface area contributed by atoms with Gasteiger partial charge in [-0.1, -0.05) is 6.07 Å². The largest absolute Gasteiger partial charge is 0.335 e. The van der Waals surface area contributed by atoms with E-state index in [-0.39, 0.29) is 6.54 Å². The molecule has 2 aromatic rings. The summed E-state index contributed by atoms with van der Waals surface area (Å²) in [5.74, 6) is -2.46. The number of urea groups is 1. The maximum Gasteiger partial charge on any atom is 0.335 e. The number of amides is 4. The van der Waals surface area contributed by atoms with Crippen LogP contribution in [0.5, 0.6) is 0 Å². The first-order chi connectivity index (χ1) is 12.1. The molecule has 0 radical (unpaired) electrons. The normalized spacial score (nSPS) is 17.9. The average molecular weight is 448 g/mol. The molecule has 7 nitrogen and oxygen atoms in total. The molecule has 1 fully saturated rings. The molecule has 1 saturated heterocycles. The summed E-state index contributed by atoms with van der Waals surface area (Å²) in [6.07, 6.45) is 2.90. The van der Waals surface area contributed by atoms with E-state index in [0.29, 0.717) is 11.4 Å². The lowest BCUT2D eigenvalue weighted by molar-refractivity contribution is -0.131. The predicted octanol–water partition coefficient (Wildman–Crippen LogP) is 2.16. The highest BCUT2D eigenvalue weighted by Gasteiger charge is 2.40. The number of pyridine rings is 1. The Kier molecular flexibility index (Phi) is 5.17. The summed E-state index contributed by atoms with van der Waals surface area (Å²) >= 11 is 2.12. The number of rotatable bonds is 4. The molecule has 0 spiro atoms. The number of barbiturate groups is 1. The van der Waals surface area contributed by atoms with Crippen LogP contribution in [0.4, 0.5) is 10.5 Å². The molecule has 3 rings (SSSR count). The quantitative estimate of drug-likeness (QED) is 0.441. The van der Waals surface area contributed by atoms with Gasteiger partial charge in [0.2, 0.25) is 5.91 Å². The predicted molar refractivity (Wildman–Crippen MR) is 100 cm³/mol. The minimum absolute atomic E-state index is 0.245. The molecular formula is C17H13IN4O3. The summed E-state index contributed by atoms with van der Waals surface area (Å²) in [6.45, 7) is 0.245. The van der Waals surface area contributed by atoms with Gasteiger partial charge in [-0.25, -0.2) is 9.69 Å². The topological polar surface area (TPSA) is 91.7 Å². The zero-order valence-electron chi connectivity index (χ0n) is 12.9. The van der Waals surface area contributed by atoms with Gasteiger partial charge in [-0.3, -0.25) is 24.9 Å². The first-order valence-electron chi connectivity index (χ1n) is 7.40. The monoisotopic (exact) mass is 448 g/mol. The molecule has 1 aliphatic heterocycles. The van der Waals surface area contributed by atoms with Crippen LogP contribution in [0.1, 0.15) is 5.69 Å². The molecule has 1 aromatic heterocycles. The molecule has 126 valence electrons. The van der Waals surface area contributed by atoms with Crippen LogP contribution in [0.2, 0.25) is 0 Å². The van der Waals surface area contributed by atoms with Crippen molar-refractivity contribution in [3.63, 3.8) is 0 Å². The van der Waals surface area contributed by atoms with E-state index < -0.39 is 23.8 Å². The second kappa shape index (κ2) is 7.51. The van der Waals surface area contributed by atoms with Gasteiger partial charge >= 0.3 is 6.03 Å². The molecule has 0 aliphatic carbocycles. The van der Waals surface area contributed by atoms with Crippen molar-refractivity contribution in [2.24, 2.45) is 10.9 Å². The van der Waals surface area contributed by atoms with Crippen molar-refractivity contribution >= 4 is 52.3 Å². The first-order valence-corrected chi connectivity index (χ1v) is 8.48. The second-order valence-electron chi connectivity index (χ2n) is 5.23. The number of benzene rings is 1. The van der Waals surface area contributed by atoms with Gasteiger partial charge in [0.1, 0.15) is 0 Å². The van der Waals surface area contributed by atoms with Crippen molar-refractivity contribution in [2.45, 2.75) is 6.54 Å². The fourth-order valence-electron chi connectivity index (χ4n) is 2.30. The maximum atomic E-state index is 12.6. The lowest BCUT2D eigenvalue weighted by Crippen LogP contribution is -2.58. The average Bonchev–Trinajstić information content (AvgIpc) is 2.60. The molecule has 0 bridgehead atoms. The van der Waals surface area contributed by atoms with E-state index in [9.17, 15) is 14.4 Å². The maximum absolute atomic E-state index is 12.6. The minimum atomic E-state index is -1.15. The highest BCUT2D eigenvalue weighted by molar-refractivity contribution is 14.1. The third-order valence-corrected chi connectivity index (χ3v) is 4.24. The van der Waals surface area contributed by atoms with Gasteiger partial charge in [-0.05, 0) is 59.0 Å². The van der Waals surface area contributed by atoms with Crippen LogP contribution in [0.15, 0.2) is 53.7 Å². The number of imide groups is 2. The van der Waals surface area contributed by atoms with Crippen molar-refractivity contribution in [1.82, 2.24) is 10.3 Å². The summed E-state index contributed by atoms with van der Waals surface area (Å²) in [5.41, 5.74) is 1.12. The number of hydrogen-bond donors (Lipinski definition) is 1. The van der Waals surface area contributed by atoms with Crippen LogP contribution in [-0.4, -0.2) is 29.0 Å². The van der Waals surface area contributed by atoms with Crippen molar-refractivity contribution in [2.75, 3.05) is 4.90 Å². The van der Waals surface area contributed by atoms with E-state index in [1.165, 1.54) is 6.21 Å². The lowest BCUT2D eigenvalue weighted by Gasteiger charge is -2.28. The Morgan fingerprint density at radius 2 is 1.92 bits per heavy atom. The van der Waals surface area contributed by atoms with Gasteiger partial charge in [0.15, 0.2) is 5.92 Å². The molecule has 1 aliphatic rings. The smallest absolute Gasteiger partial charge is 0.290 e. The minimum Gasteiger partial charge on any atom is -0.290 e. The lowest BCUT2D eigenvalue weighted by atomic mass is 10.1. The number of carbonyl (C=O) groups is 3. The molecule has 1 aromatic carbocycles. The molecule has 2 heterocycles. The Morgan fingerprint density at radius 3 is 2.60 bits per heavy atom. The Labute approximate surface area is 157 Å². The van der Waals surface area contributed by atoms with E-state index in [4.69, 9.17) is 0 Å². The van der Waals surface area contributed by atoms with Gasteiger partial charge in [0.05, 0.1) is 17.9 Å². The molecule has 1 atom stereocenters. The molecule has 0 saturated carbocycles. The van der Waals surface area contributed by atoms with Crippen LogP contribution >= 0.6 is 22.6 Å². The highest BCUT2D eigenvalue weighted by atomic mass is 127. The van der Waals surface area contributed by atoms with Crippen molar-refractivity contribution < 1.29 is 14.4 Å². The third-order valence-electron chi connectivity index (χ3n) is 3.52. The van der Waals surface area contributed by atoms with E-state index in [1.54, 1.807) is 42.6 Å². The Balaban J connectivity index is 1.79. The van der Waals surface area contributed by atoms with Crippen LogP contribution in [0.3, 0.4) is 0 Å². The van der Waals surface area contributed by atoms with Crippen LogP contribution in [0, 0.1) is 9.49 Å². The van der Waals surface area contributed by atoms with Gasteiger partial charge in [-0.2, -0.15) is 0 Å². The summed E-state index contributed by atoms with van der Waals surface area (Å²) in [4.78, 5) is 45.9. The Bertz CT molecular complexity index is 837. The van der Waals surface area contributed by atoms with Crippen molar-refractivity contribution in [3.05, 3.63) is 57.9 Å². The molecule has 4 amide bonds. The number of hydrogen-bond acceptors (Lipinski definition) is 5. The second-order valence-corrected chi connectivity index (χ2v) is 6.48. The molecule has 8 heteroatoms. The third kappa shape index (κ3) is 3.90. The standard InChI is InChI=1S/C17H13IN4O3/c18-11-4-6-13(7-5-11)22-16(24)14(15(23)21-17(22)25)10-19-9-12-3-1-2-8-20-12/h1-8,10,14H,9H2,(H,21,23,25)/t14-/m1/s1. The van der Waals surface area contributed by atoms with Crippen LogP contribution < -0.4 is 10.2 Å². The number of nitrogens with one attached hydrogen (secondary N) is 1. The molecular weight excluding hydrogens is 435 g/mol. The number of nitrogens with zero attached hydrogens (tertiary/aromatic N) is 3. The van der Waals surface area contributed by atoms with Crippen molar-refractivity contribution in [3.8, 4) is 0 Å². The van der Waals surface area contributed by atoms with Gasteiger partial charge in [0, 0.05) is 16.0 Å². The zero-order valence-corrected chi connectivity index (χ0v) is 15.1. The van der Waals surface area contributed by atoms with E-state index >= 15 is 0 Å². The SMILES string of the molecule is O=C1NC(=O)N(c2ccc(I)cc2)C(=O)[C@@H]1C=NCc1ccccn1. The van der Waals surface area contributed by atoms with Gasteiger partial charge < -0.3 is 0 Å². The van der Waals surface area contributed by atoms with E-state index in [0.717, 1.165) is 8.47 Å². The zero-order chi connectivity index (χ0) is 17.8.